The summed E-state index contributed by atoms with van der Waals surface area (Å²) >= 11 is 0. The van der Waals surface area contributed by atoms with E-state index in [2.05, 4.69) is 9.47 Å². The number of nitrogens with zero attached hydrogens (tertiary/aromatic N) is 2. The van der Waals surface area contributed by atoms with Gasteiger partial charge in [0.2, 0.25) is 0 Å². The van der Waals surface area contributed by atoms with Gasteiger partial charge in [-0.2, -0.15) is 14.0 Å². The molecule has 0 aliphatic rings. The van der Waals surface area contributed by atoms with Gasteiger partial charge in [0, 0.05) is 0 Å². The van der Waals surface area contributed by atoms with Crippen LogP contribution in [0.15, 0.2) is 12.1 Å². The number of esters is 1. The summed E-state index contributed by atoms with van der Waals surface area (Å²) in [4.78, 5) is 21.5. The lowest BCUT2D eigenvalue weighted by Gasteiger charge is -2.08. The summed E-state index contributed by atoms with van der Waals surface area (Å²) in [6.07, 6.45) is 0. The fourth-order valence-corrected chi connectivity index (χ4v) is 1.42. The molecule has 0 N–H and O–H groups in total. The van der Waals surface area contributed by atoms with Crippen LogP contribution in [0.5, 0.6) is 5.75 Å². The van der Waals surface area contributed by atoms with Crippen LogP contribution in [-0.4, -0.2) is 24.1 Å². The van der Waals surface area contributed by atoms with Crippen molar-refractivity contribution in [3.8, 4) is 11.8 Å². The van der Waals surface area contributed by atoms with Gasteiger partial charge in [0.15, 0.2) is 5.56 Å². The van der Waals surface area contributed by atoms with Gasteiger partial charge in [0.1, 0.15) is 11.8 Å². The normalized spacial score (nSPS) is 9.95. The number of hydrogen-bond donors (Lipinski definition) is 0. The van der Waals surface area contributed by atoms with Crippen LogP contribution in [0, 0.1) is 21.4 Å². The molecule has 0 radical (unpaired) electrons. The van der Waals surface area contributed by atoms with Crippen LogP contribution in [0.4, 0.5) is 14.5 Å². The highest BCUT2D eigenvalue weighted by molar-refractivity contribution is 5.97. The highest BCUT2D eigenvalue weighted by Crippen LogP contribution is 2.30. The van der Waals surface area contributed by atoms with Gasteiger partial charge in [-0.25, -0.2) is 4.79 Å². The SMILES string of the molecule is CCOC(=O)c1c(C#N)cc(OC(F)F)cc1[N+](=O)[O-]. The first-order chi connectivity index (χ1) is 9.40. The first kappa shape index (κ1) is 15.3. The van der Waals surface area contributed by atoms with Crippen LogP contribution in [-0.2, 0) is 4.74 Å². The molecular formula is C11H8F2N2O5. The minimum atomic E-state index is -3.21. The quantitative estimate of drug-likeness (QED) is 0.467. The van der Waals surface area contributed by atoms with Crippen molar-refractivity contribution in [1.29, 1.82) is 5.26 Å². The smallest absolute Gasteiger partial charge is 0.387 e. The molecule has 106 valence electrons. The monoisotopic (exact) mass is 286 g/mol. The third kappa shape index (κ3) is 3.38. The minimum absolute atomic E-state index is 0.0594. The van der Waals surface area contributed by atoms with Crippen LogP contribution in [0.1, 0.15) is 22.8 Å². The van der Waals surface area contributed by atoms with Gasteiger partial charge in [-0.1, -0.05) is 0 Å². The van der Waals surface area contributed by atoms with E-state index in [1.165, 1.54) is 13.0 Å². The summed E-state index contributed by atoms with van der Waals surface area (Å²) in [5.74, 6) is -1.67. The van der Waals surface area contributed by atoms with Crippen molar-refractivity contribution >= 4 is 11.7 Å². The molecule has 0 aliphatic heterocycles. The van der Waals surface area contributed by atoms with E-state index in [0.717, 1.165) is 6.07 Å². The van der Waals surface area contributed by atoms with Crippen molar-refractivity contribution in [2.45, 2.75) is 13.5 Å². The molecule has 0 unspecified atom stereocenters. The van der Waals surface area contributed by atoms with Crippen molar-refractivity contribution in [2.24, 2.45) is 0 Å². The molecule has 0 heterocycles. The zero-order valence-electron chi connectivity index (χ0n) is 10.1. The van der Waals surface area contributed by atoms with Crippen molar-refractivity contribution in [1.82, 2.24) is 0 Å². The van der Waals surface area contributed by atoms with Crippen LogP contribution >= 0.6 is 0 Å². The molecule has 7 nitrogen and oxygen atoms in total. The fourth-order valence-electron chi connectivity index (χ4n) is 1.42. The van der Waals surface area contributed by atoms with E-state index in [4.69, 9.17) is 5.26 Å². The Morgan fingerprint density at radius 1 is 1.55 bits per heavy atom. The molecule has 0 bridgehead atoms. The zero-order chi connectivity index (χ0) is 15.3. The Labute approximate surface area is 111 Å². The van der Waals surface area contributed by atoms with E-state index in [1.807, 2.05) is 0 Å². The Bertz CT molecular complexity index is 583. The highest BCUT2D eigenvalue weighted by Gasteiger charge is 2.28. The Morgan fingerprint density at radius 3 is 2.65 bits per heavy atom. The van der Waals surface area contributed by atoms with Gasteiger partial charge in [0.25, 0.3) is 5.69 Å². The van der Waals surface area contributed by atoms with E-state index in [-0.39, 0.29) is 6.61 Å². The lowest BCUT2D eigenvalue weighted by atomic mass is 10.1. The Hall–Kier alpha value is -2.76. The van der Waals surface area contributed by atoms with Gasteiger partial charge >= 0.3 is 12.6 Å². The maximum Gasteiger partial charge on any atom is 0.387 e. The average molecular weight is 286 g/mol. The molecular weight excluding hydrogens is 278 g/mol. The van der Waals surface area contributed by atoms with Crippen molar-refractivity contribution in [2.75, 3.05) is 6.61 Å². The topological polar surface area (TPSA) is 102 Å². The highest BCUT2D eigenvalue weighted by atomic mass is 19.3. The number of rotatable bonds is 5. The first-order valence-electron chi connectivity index (χ1n) is 5.25. The standard InChI is InChI=1S/C11H8F2N2O5/c1-2-19-10(16)9-6(5-14)3-7(20-11(12)13)4-8(9)15(17)18/h3-4,11H,2H2,1H3. The van der Waals surface area contributed by atoms with Crippen molar-refractivity contribution in [3.63, 3.8) is 0 Å². The number of halogens is 2. The summed E-state index contributed by atoms with van der Waals surface area (Å²) in [5.41, 5.74) is -1.91. The van der Waals surface area contributed by atoms with Crippen LogP contribution in [0.2, 0.25) is 0 Å². The number of carbonyl (C=O) groups excluding carboxylic acids is 1. The van der Waals surface area contributed by atoms with E-state index in [9.17, 15) is 23.7 Å². The lowest BCUT2D eigenvalue weighted by Crippen LogP contribution is -2.11. The molecule has 0 amide bonds. The molecule has 0 saturated carbocycles. The predicted molar refractivity (Wildman–Crippen MR) is 60.4 cm³/mol. The van der Waals surface area contributed by atoms with Crippen LogP contribution in [0.3, 0.4) is 0 Å². The molecule has 9 heteroatoms. The molecule has 0 fully saturated rings. The van der Waals surface area contributed by atoms with E-state index in [1.54, 1.807) is 0 Å². The van der Waals surface area contributed by atoms with Crippen molar-refractivity contribution < 1.29 is 28.0 Å². The van der Waals surface area contributed by atoms with Gasteiger partial charge in [-0.3, -0.25) is 10.1 Å². The number of benzene rings is 1. The maximum absolute atomic E-state index is 12.1. The van der Waals surface area contributed by atoms with Crippen molar-refractivity contribution in [3.05, 3.63) is 33.4 Å². The molecule has 1 rings (SSSR count). The summed E-state index contributed by atoms with van der Waals surface area (Å²) in [7, 11) is 0. The molecule has 1 aromatic carbocycles. The Kier molecular flexibility index (Phi) is 4.91. The molecule has 0 aromatic heterocycles. The second-order valence-electron chi connectivity index (χ2n) is 3.33. The lowest BCUT2D eigenvalue weighted by molar-refractivity contribution is -0.385. The van der Waals surface area contributed by atoms with E-state index >= 15 is 0 Å². The minimum Gasteiger partial charge on any atom is -0.462 e. The molecule has 20 heavy (non-hydrogen) atoms. The Morgan fingerprint density at radius 2 is 2.20 bits per heavy atom. The fraction of sp³-hybridized carbons (Fsp3) is 0.273. The number of nitro benzene ring substituents is 1. The number of carbonyl (C=O) groups is 1. The predicted octanol–water partition coefficient (Wildman–Crippen LogP) is 2.24. The largest absolute Gasteiger partial charge is 0.462 e. The molecule has 0 aliphatic carbocycles. The zero-order valence-corrected chi connectivity index (χ0v) is 10.1. The number of alkyl halides is 2. The Balaban J connectivity index is 3.45. The summed E-state index contributed by atoms with van der Waals surface area (Å²) in [5, 5.41) is 19.8. The number of nitriles is 1. The average Bonchev–Trinajstić information content (AvgIpc) is 2.36. The molecule has 0 atom stereocenters. The number of nitro groups is 1. The summed E-state index contributed by atoms with van der Waals surface area (Å²) < 4.78 is 32.8. The number of hydrogen-bond acceptors (Lipinski definition) is 6. The summed E-state index contributed by atoms with van der Waals surface area (Å²) in [6.45, 7) is -1.80. The van der Waals surface area contributed by atoms with E-state index in [0.29, 0.717) is 6.07 Å². The number of ether oxygens (including phenoxy) is 2. The van der Waals surface area contributed by atoms with Crippen LogP contribution in [0.25, 0.3) is 0 Å². The second kappa shape index (κ2) is 6.42. The third-order valence-electron chi connectivity index (χ3n) is 2.11. The molecule has 0 saturated heterocycles. The van der Waals surface area contributed by atoms with E-state index < -0.39 is 40.1 Å². The molecule has 0 spiro atoms. The maximum atomic E-state index is 12.1. The van der Waals surface area contributed by atoms with Gasteiger partial charge < -0.3 is 9.47 Å². The van der Waals surface area contributed by atoms with Gasteiger partial charge in [-0.05, 0) is 13.0 Å². The van der Waals surface area contributed by atoms with Gasteiger partial charge in [-0.15, -0.1) is 0 Å². The first-order valence-corrected chi connectivity index (χ1v) is 5.25. The van der Waals surface area contributed by atoms with Gasteiger partial charge in [0.05, 0.1) is 23.2 Å². The van der Waals surface area contributed by atoms with Crippen LogP contribution < -0.4 is 4.74 Å². The second-order valence-corrected chi connectivity index (χ2v) is 3.33. The third-order valence-corrected chi connectivity index (χ3v) is 2.11. The summed E-state index contributed by atoms with van der Waals surface area (Å²) in [6, 6.07) is 2.96. The molecule has 1 aromatic rings.